The SMILES string of the molecule is Cc1cc(NC(=O)C[C@@H]2CCC[C@H]2N)ccc1F. The van der Waals surface area contributed by atoms with Crippen molar-refractivity contribution in [1.82, 2.24) is 0 Å². The van der Waals surface area contributed by atoms with Gasteiger partial charge in [0.2, 0.25) is 5.91 Å². The number of halogens is 1. The third kappa shape index (κ3) is 3.07. The highest BCUT2D eigenvalue weighted by atomic mass is 19.1. The molecule has 0 aromatic heterocycles. The van der Waals surface area contributed by atoms with E-state index >= 15 is 0 Å². The van der Waals surface area contributed by atoms with Crippen molar-refractivity contribution in [2.75, 3.05) is 5.32 Å². The molecule has 1 aliphatic carbocycles. The fourth-order valence-electron chi connectivity index (χ4n) is 2.49. The van der Waals surface area contributed by atoms with Gasteiger partial charge in [-0.1, -0.05) is 6.42 Å². The number of hydrogen-bond donors (Lipinski definition) is 2. The highest BCUT2D eigenvalue weighted by Gasteiger charge is 2.25. The van der Waals surface area contributed by atoms with Crippen LogP contribution in [-0.4, -0.2) is 11.9 Å². The summed E-state index contributed by atoms with van der Waals surface area (Å²) in [6.45, 7) is 1.68. The summed E-state index contributed by atoms with van der Waals surface area (Å²) in [4.78, 5) is 11.8. The van der Waals surface area contributed by atoms with E-state index in [2.05, 4.69) is 5.32 Å². The van der Waals surface area contributed by atoms with Crippen LogP contribution < -0.4 is 11.1 Å². The first kappa shape index (κ1) is 13.0. The number of hydrogen-bond acceptors (Lipinski definition) is 2. The number of anilines is 1. The maximum Gasteiger partial charge on any atom is 0.224 e. The zero-order valence-corrected chi connectivity index (χ0v) is 10.6. The number of carbonyl (C=O) groups is 1. The quantitative estimate of drug-likeness (QED) is 0.866. The van der Waals surface area contributed by atoms with Gasteiger partial charge in [-0.25, -0.2) is 4.39 Å². The van der Waals surface area contributed by atoms with Gasteiger partial charge in [-0.3, -0.25) is 4.79 Å². The summed E-state index contributed by atoms with van der Waals surface area (Å²) in [7, 11) is 0. The van der Waals surface area contributed by atoms with E-state index in [1.807, 2.05) is 0 Å². The molecule has 1 amide bonds. The van der Waals surface area contributed by atoms with Crippen LogP contribution in [0.25, 0.3) is 0 Å². The van der Waals surface area contributed by atoms with E-state index in [-0.39, 0.29) is 23.7 Å². The van der Waals surface area contributed by atoms with Crippen LogP contribution in [0.3, 0.4) is 0 Å². The molecule has 0 spiro atoms. The molecule has 1 aromatic rings. The molecule has 4 heteroatoms. The first-order chi connectivity index (χ1) is 8.56. The van der Waals surface area contributed by atoms with Crippen molar-refractivity contribution >= 4 is 11.6 Å². The molecular weight excluding hydrogens is 231 g/mol. The van der Waals surface area contributed by atoms with E-state index in [0.29, 0.717) is 17.7 Å². The minimum absolute atomic E-state index is 0.0386. The van der Waals surface area contributed by atoms with Gasteiger partial charge in [0.15, 0.2) is 0 Å². The molecule has 2 atom stereocenters. The maximum absolute atomic E-state index is 13.1. The van der Waals surface area contributed by atoms with Gasteiger partial charge in [-0.2, -0.15) is 0 Å². The molecule has 3 nitrogen and oxygen atoms in total. The van der Waals surface area contributed by atoms with Gasteiger partial charge in [0, 0.05) is 18.2 Å². The lowest BCUT2D eigenvalue weighted by Crippen LogP contribution is -2.28. The predicted octanol–water partition coefficient (Wildman–Crippen LogP) is 2.59. The summed E-state index contributed by atoms with van der Waals surface area (Å²) >= 11 is 0. The standard InChI is InChI=1S/C14H19FN2O/c1-9-7-11(5-6-12(9)15)17-14(18)8-10-3-2-4-13(10)16/h5-7,10,13H,2-4,8,16H2,1H3,(H,17,18)/t10-,13+/m0/s1. The zero-order valence-electron chi connectivity index (χ0n) is 10.6. The van der Waals surface area contributed by atoms with E-state index in [1.165, 1.54) is 6.07 Å². The summed E-state index contributed by atoms with van der Waals surface area (Å²) in [5.74, 6) is -0.0132. The van der Waals surface area contributed by atoms with Gasteiger partial charge in [0.1, 0.15) is 5.82 Å². The molecule has 0 bridgehead atoms. The fraction of sp³-hybridized carbons (Fsp3) is 0.500. The third-order valence-electron chi connectivity index (χ3n) is 3.61. The Kier molecular flexibility index (Phi) is 3.97. The molecule has 1 aromatic carbocycles. The number of amides is 1. The Balaban J connectivity index is 1.92. The molecule has 0 unspecified atom stereocenters. The average Bonchev–Trinajstić information content (AvgIpc) is 2.70. The van der Waals surface area contributed by atoms with Crippen LogP contribution in [0, 0.1) is 18.7 Å². The average molecular weight is 250 g/mol. The minimum atomic E-state index is -0.259. The van der Waals surface area contributed by atoms with Crippen molar-refractivity contribution in [2.24, 2.45) is 11.7 Å². The summed E-state index contributed by atoms with van der Waals surface area (Å²) < 4.78 is 13.1. The van der Waals surface area contributed by atoms with Crippen molar-refractivity contribution in [3.8, 4) is 0 Å². The Morgan fingerprint density at radius 2 is 2.28 bits per heavy atom. The van der Waals surface area contributed by atoms with Crippen LogP contribution in [0.2, 0.25) is 0 Å². The van der Waals surface area contributed by atoms with Crippen molar-refractivity contribution in [2.45, 2.75) is 38.6 Å². The number of carbonyl (C=O) groups excluding carboxylic acids is 1. The third-order valence-corrected chi connectivity index (χ3v) is 3.61. The van der Waals surface area contributed by atoms with Crippen LogP contribution in [0.15, 0.2) is 18.2 Å². The second-order valence-electron chi connectivity index (χ2n) is 5.07. The van der Waals surface area contributed by atoms with Gasteiger partial charge in [0.05, 0.1) is 0 Å². The normalized spacial score (nSPS) is 23.1. The molecular formula is C14H19FN2O. The molecule has 0 aliphatic heterocycles. The second-order valence-corrected chi connectivity index (χ2v) is 5.07. The summed E-state index contributed by atoms with van der Waals surface area (Å²) in [6, 6.07) is 4.73. The van der Waals surface area contributed by atoms with Crippen molar-refractivity contribution in [1.29, 1.82) is 0 Å². The van der Waals surface area contributed by atoms with Gasteiger partial charge in [-0.05, 0) is 49.4 Å². The summed E-state index contributed by atoms with van der Waals surface area (Å²) in [6.07, 6.45) is 3.59. The van der Waals surface area contributed by atoms with Crippen LogP contribution in [0.4, 0.5) is 10.1 Å². The zero-order chi connectivity index (χ0) is 13.1. The summed E-state index contributed by atoms with van der Waals surface area (Å²) in [5, 5.41) is 2.80. The molecule has 0 saturated heterocycles. The van der Waals surface area contributed by atoms with Crippen LogP contribution >= 0.6 is 0 Å². The first-order valence-electron chi connectivity index (χ1n) is 6.38. The van der Waals surface area contributed by atoms with Crippen molar-refractivity contribution in [3.05, 3.63) is 29.6 Å². The number of nitrogens with one attached hydrogen (secondary N) is 1. The highest BCUT2D eigenvalue weighted by molar-refractivity contribution is 5.91. The lowest BCUT2D eigenvalue weighted by molar-refractivity contribution is -0.117. The summed E-state index contributed by atoms with van der Waals surface area (Å²) in [5.41, 5.74) is 7.11. The Labute approximate surface area is 107 Å². The monoisotopic (exact) mass is 250 g/mol. The van der Waals surface area contributed by atoms with Gasteiger partial charge in [-0.15, -0.1) is 0 Å². The van der Waals surface area contributed by atoms with Gasteiger partial charge in [0.25, 0.3) is 0 Å². The van der Waals surface area contributed by atoms with E-state index in [4.69, 9.17) is 5.73 Å². The highest BCUT2D eigenvalue weighted by Crippen LogP contribution is 2.27. The Morgan fingerprint density at radius 3 is 2.89 bits per heavy atom. The number of rotatable bonds is 3. The van der Waals surface area contributed by atoms with E-state index in [1.54, 1.807) is 19.1 Å². The number of benzene rings is 1. The number of aryl methyl sites for hydroxylation is 1. The number of nitrogens with two attached hydrogens (primary N) is 1. The van der Waals surface area contributed by atoms with Gasteiger partial charge < -0.3 is 11.1 Å². The second kappa shape index (κ2) is 5.48. The molecule has 98 valence electrons. The lowest BCUT2D eigenvalue weighted by Gasteiger charge is -2.15. The Hall–Kier alpha value is -1.42. The molecule has 0 radical (unpaired) electrons. The maximum atomic E-state index is 13.1. The van der Waals surface area contributed by atoms with Crippen LogP contribution in [0.1, 0.15) is 31.2 Å². The van der Waals surface area contributed by atoms with Crippen molar-refractivity contribution < 1.29 is 9.18 Å². The van der Waals surface area contributed by atoms with Crippen molar-refractivity contribution in [3.63, 3.8) is 0 Å². The van der Waals surface area contributed by atoms with Crippen LogP contribution in [-0.2, 0) is 4.79 Å². The van der Waals surface area contributed by atoms with E-state index in [9.17, 15) is 9.18 Å². The lowest BCUT2D eigenvalue weighted by atomic mass is 10.00. The van der Waals surface area contributed by atoms with E-state index < -0.39 is 0 Å². The minimum Gasteiger partial charge on any atom is -0.327 e. The molecule has 1 fully saturated rings. The van der Waals surface area contributed by atoms with E-state index in [0.717, 1.165) is 19.3 Å². The molecule has 1 aliphatic rings. The Morgan fingerprint density at radius 1 is 1.50 bits per heavy atom. The molecule has 3 N–H and O–H groups in total. The fourth-order valence-corrected chi connectivity index (χ4v) is 2.49. The molecule has 2 rings (SSSR count). The van der Waals surface area contributed by atoms with Gasteiger partial charge >= 0.3 is 0 Å². The Bertz CT molecular complexity index is 447. The smallest absolute Gasteiger partial charge is 0.224 e. The topological polar surface area (TPSA) is 55.1 Å². The largest absolute Gasteiger partial charge is 0.327 e. The first-order valence-corrected chi connectivity index (χ1v) is 6.38. The molecule has 1 saturated carbocycles. The predicted molar refractivity (Wildman–Crippen MR) is 69.7 cm³/mol. The van der Waals surface area contributed by atoms with Crippen LogP contribution in [0.5, 0.6) is 0 Å². The molecule has 18 heavy (non-hydrogen) atoms. The molecule has 0 heterocycles.